The zero-order valence-corrected chi connectivity index (χ0v) is 7.28. The topological polar surface area (TPSA) is 38.0 Å². The molecule has 0 radical (unpaired) electrons. The van der Waals surface area contributed by atoms with Gasteiger partial charge in [-0.2, -0.15) is 13.2 Å². The summed E-state index contributed by atoms with van der Waals surface area (Å²) in [7, 11) is 0. The van der Waals surface area contributed by atoms with Crippen molar-refractivity contribution >= 4 is 11.6 Å². The zero-order chi connectivity index (χ0) is 10.1. The van der Waals surface area contributed by atoms with Crippen LogP contribution in [0, 0.1) is 0 Å². The molecule has 0 amide bonds. The Labute approximate surface area is 78.2 Å². The predicted molar refractivity (Wildman–Crippen MR) is 44.1 cm³/mol. The van der Waals surface area contributed by atoms with Crippen molar-refractivity contribution in [1.29, 1.82) is 0 Å². The van der Waals surface area contributed by atoms with Crippen LogP contribution in [-0.2, 0) is 0 Å². The van der Waals surface area contributed by atoms with E-state index >= 15 is 0 Å². The molecule has 0 saturated carbocycles. The molecule has 1 unspecified atom stereocenters. The number of halogens is 4. The van der Waals surface area contributed by atoms with E-state index in [4.69, 9.17) is 17.3 Å². The average Bonchev–Trinajstić information content (AvgIpc) is 2.03. The van der Waals surface area contributed by atoms with Gasteiger partial charge in [0.05, 0.1) is 5.03 Å². The van der Waals surface area contributed by atoms with Crippen LogP contribution in [0.5, 0.6) is 0 Å². The van der Waals surface area contributed by atoms with Crippen molar-refractivity contribution in [3.05, 3.63) is 23.4 Å². The van der Waals surface area contributed by atoms with Crippen molar-refractivity contribution in [3.63, 3.8) is 0 Å². The molecule has 0 aromatic rings. The molecule has 1 rings (SSSR count). The monoisotopic (exact) mass is 212 g/mol. The smallest absolute Gasteiger partial charge is 0.372 e. The van der Waals surface area contributed by atoms with E-state index in [0.717, 1.165) is 0 Å². The van der Waals surface area contributed by atoms with Crippen LogP contribution < -0.4 is 11.1 Å². The lowest BCUT2D eigenvalue weighted by atomic mass is 9.96. The molecule has 6 heteroatoms. The number of nitrogens with two attached hydrogens (primary N) is 1. The Bertz CT molecular complexity index is 259. The minimum absolute atomic E-state index is 0.343. The minimum Gasteiger partial charge on any atom is -0.372 e. The standard InChI is InChI=1S/C7H8ClF3N2/c8-5-2-1-3-13-6(5,4-12)7(9,10)11/h1-3,13H,4,12H2. The predicted octanol–water partition coefficient (Wildman–Crippen LogP) is 1.49. The molecule has 0 fully saturated rings. The van der Waals surface area contributed by atoms with E-state index in [-0.39, 0.29) is 5.03 Å². The summed E-state index contributed by atoms with van der Waals surface area (Å²) in [4.78, 5) is 0. The highest BCUT2D eigenvalue weighted by Crippen LogP contribution is 2.38. The van der Waals surface area contributed by atoms with Crippen molar-refractivity contribution < 1.29 is 13.2 Å². The van der Waals surface area contributed by atoms with Gasteiger partial charge in [-0.25, -0.2) is 0 Å². The first-order chi connectivity index (χ1) is 5.94. The summed E-state index contributed by atoms with van der Waals surface area (Å²) >= 11 is 5.47. The molecular formula is C7H8ClF3N2. The second kappa shape index (κ2) is 3.23. The van der Waals surface area contributed by atoms with E-state index in [2.05, 4.69) is 5.32 Å². The quantitative estimate of drug-likeness (QED) is 0.691. The van der Waals surface area contributed by atoms with Crippen molar-refractivity contribution in [2.75, 3.05) is 6.54 Å². The van der Waals surface area contributed by atoms with Gasteiger partial charge in [0.2, 0.25) is 0 Å². The van der Waals surface area contributed by atoms with Crippen LogP contribution in [0.1, 0.15) is 0 Å². The Hall–Kier alpha value is -0.680. The summed E-state index contributed by atoms with van der Waals surface area (Å²) in [6.45, 7) is -0.629. The molecule has 3 N–H and O–H groups in total. The van der Waals surface area contributed by atoms with E-state index < -0.39 is 18.3 Å². The van der Waals surface area contributed by atoms with Gasteiger partial charge in [0.1, 0.15) is 0 Å². The largest absolute Gasteiger partial charge is 0.417 e. The van der Waals surface area contributed by atoms with Crippen LogP contribution in [0.2, 0.25) is 0 Å². The normalized spacial score (nSPS) is 28.2. The zero-order valence-electron chi connectivity index (χ0n) is 6.53. The summed E-state index contributed by atoms with van der Waals surface area (Å²) in [5.74, 6) is 0. The molecule has 0 spiro atoms. The number of alkyl halides is 3. The van der Waals surface area contributed by atoms with E-state index in [1.165, 1.54) is 18.4 Å². The highest BCUT2D eigenvalue weighted by molar-refractivity contribution is 6.31. The Kier molecular flexibility index (Phi) is 2.58. The lowest BCUT2D eigenvalue weighted by Gasteiger charge is -2.36. The highest BCUT2D eigenvalue weighted by atomic mass is 35.5. The number of allylic oxidation sites excluding steroid dienone is 2. The maximum atomic E-state index is 12.5. The van der Waals surface area contributed by atoms with Gasteiger partial charge < -0.3 is 11.1 Å². The van der Waals surface area contributed by atoms with Gasteiger partial charge in [0.25, 0.3) is 0 Å². The van der Waals surface area contributed by atoms with Crippen molar-refractivity contribution in [2.45, 2.75) is 11.7 Å². The molecular weight excluding hydrogens is 205 g/mol. The SMILES string of the molecule is NCC1(C(F)(F)F)NC=CC=C1Cl. The minimum atomic E-state index is -4.50. The lowest BCUT2D eigenvalue weighted by molar-refractivity contribution is -0.177. The van der Waals surface area contributed by atoms with Crippen LogP contribution in [0.3, 0.4) is 0 Å². The Balaban J connectivity index is 3.08. The van der Waals surface area contributed by atoms with E-state index in [1.54, 1.807) is 0 Å². The van der Waals surface area contributed by atoms with Gasteiger partial charge in [-0.3, -0.25) is 0 Å². The fourth-order valence-electron chi connectivity index (χ4n) is 1.02. The molecule has 0 aromatic carbocycles. The molecule has 2 nitrogen and oxygen atoms in total. The molecule has 0 aliphatic carbocycles. The number of hydrogen-bond donors (Lipinski definition) is 2. The summed E-state index contributed by atoms with van der Waals surface area (Å²) in [5.41, 5.74) is 2.76. The van der Waals surface area contributed by atoms with Gasteiger partial charge in [-0.05, 0) is 18.4 Å². The summed E-state index contributed by atoms with van der Waals surface area (Å²) in [5, 5.41) is 1.80. The number of nitrogens with one attached hydrogen (secondary N) is 1. The molecule has 74 valence electrons. The molecule has 1 heterocycles. The van der Waals surface area contributed by atoms with Crippen LogP contribution in [0.4, 0.5) is 13.2 Å². The van der Waals surface area contributed by atoms with E-state index in [0.29, 0.717) is 0 Å². The molecule has 1 atom stereocenters. The second-order valence-corrected chi connectivity index (χ2v) is 3.03. The molecule has 0 bridgehead atoms. The maximum absolute atomic E-state index is 12.5. The first kappa shape index (κ1) is 10.4. The Morgan fingerprint density at radius 2 is 2.15 bits per heavy atom. The number of hydrogen-bond acceptors (Lipinski definition) is 2. The summed E-state index contributed by atoms with van der Waals surface area (Å²) in [6.07, 6.45) is -0.757. The first-order valence-corrected chi connectivity index (χ1v) is 3.89. The highest BCUT2D eigenvalue weighted by Gasteiger charge is 2.56. The van der Waals surface area contributed by atoms with Gasteiger partial charge in [-0.15, -0.1) is 0 Å². The van der Waals surface area contributed by atoms with Crippen LogP contribution in [-0.4, -0.2) is 18.3 Å². The molecule has 0 aromatic heterocycles. The first-order valence-electron chi connectivity index (χ1n) is 3.51. The third kappa shape index (κ3) is 1.53. The molecule has 1 aliphatic heterocycles. The van der Waals surface area contributed by atoms with Crippen molar-refractivity contribution in [1.82, 2.24) is 5.32 Å². The molecule has 0 saturated heterocycles. The molecule has 1 aliphatic rings. The van der Waals surface area contributed by atoms with E-state index in [9.17, 15) is 13.2 Å². The molecule has 13 heavy (non-hydrogen) atoms. The van der Waals surface area contributed by atoms with E-state index in [1.807, 2.05) is 0 Å². The average molecular weight is 213 g/mol. The Morgan fingerprint density at radius 1 is 1.54 bits per heavy atom. The number of dihydropyridines is 1. The third-order valence-electron chi connectivity index (χ3n) is 1.87. The fourth-order valence-corrected chi connectivity index (χ4v) is 1.34. The van der Waals surface area contributed by atoms with Gasteiger partial charge >= 0.3 is 6.18 Å². The second-order valence-electron chi connectivity index (χ2n) is 2.63. The van der Waals surface area contributed by atoms with Gasteiger partial charge in [0, 0.05) is 6.54 Å². The van der Waals surface area contributed by atoms with Crippen LogP contribution in [0.15, 0.2) is 23.4 Å². The lowest BCUT2D eigenvalue weighted by Crippen LogP contribution is -2.60. The maximum Gasteiger partial charge on any atom is 0.417 e. The van der Waals surface area contributed by atoms with Crippen molar-refractivity contribution in [2.24, 2.45) is 5.73 Å². The fraction of sp³-hybridized carbons (Fsp3) is 0.429. The van der Waals surface area contributed by atoms with Crippen molar-refractivity contribution in [3.8, 4) is 0 Å². The van der Waals surface area contributed by atoms with Gasteiger partial charge in [-0.1, -0.05) is 11.6 Å². The van der Waals surface area contributed by atoms with Gasteiger partial charge in [0.15, 0.2) is 5.54 Å². The number of rotatable bonds is 1. The van der Waals surface area contributed by atoms with Crippen LogP contribution >= 0.6 is 11.6 Å². The summed E-state index contributed by atoms with van der Waals surface area (Å²) in [6, 6.07) is 0. The van der Waals surface area contributed by atoms with Crippen LogP contribution in [0.25, 0.3) is 0 Å². The summed E-state index contributed by atoms with van der Waals surface area (Å²) < 4.78 is 37.6. The third-order valence-corrected chi connectivity index (χ3v) is 2.31. The Morgan fingerprint density at radius 3 is 2.46 bits per heavy atom.